The lowest BCUT2D eigenvalue weighted by Gasteiger charge is -2.26. The molecule has 21 heavy (non-hydrogen) atoms. The van der Waals surface area contributed by atoms with E-state index in [1.54, 1.807) is 0 Å². The number of hydrogen-bond donors (Lipinski definition) is 2. The second-order valence-electron chi connectivity index (χ2n) is 6.02. The summed E-state index contributed by atoms with van der Waals surface area (Å²) in [5, 5.41) is 2.74. The van der Waals surface area contributed by atoms with Crippen molar-refractivity contribution in [1.29, 1.82) is 0 Å². The van der Waals surface area contributed by atoms with Crippen molar-refractivity contribution in [3.05, 3.63) is 29.3 Å². The molecule has 1 aliphatic carbocycles. The molecule has 0 saturated heterocycles. The molecule has 0 bridgehead atoms. The molecule has 1 fully saturated rings. The highest BCUT2D eigenvalue weighted by Crippen LogP contribution is 2.30. The van der Waals surface area contributed by atoms with E-state index in [-0.39, 0.29) is 11.3 Å². The Hall–Kier alpha value is -1.65. The van der Waals surface area contributed by atoms with Crippen molar-refractivity contribution in [3.63, 3.8) is 0 Å². The van der Waals surface area contributed by atoms with Gasteiger partial charge in [-0.05, 0) is 24.3 Å². The van der Waals surface area contributed by atoms with Gasteiger partial charge in [-0.3, -0.25) is 4.79 Å². The van der Waals surface area contributed by atoms with Gasteiger partial charge in [-0.25, -0.2) is 8.78 Å². The molecule has 0 aliphatic heterocycles. The van der Waals surface area contributed by atoms with Crippen LogP contribution in [0.25, 0.3) is 0 Å². The summed E-state index contributed by atoms with van der Waals surface area (Å²) in [4.78, 5) is 11.9. The zero-order chi connectivity index (χ0) is 15.4. The van der Waals surface area contributed by atoms with Gasteiger partial charge >= 0.3 is 0 Å². The van der Waals surface area contributed by atoms with E-state index in [0.29, 0.717) is 12.5 Å². The van der Waals surface area contributed by atoms with Gasteiger partial charge < -0.3 is 11.1 Å². The van der Waals surface area contributed by atoms with Crippen LogP contribution in [-0.4, -0.2) is 12.5 Å². The van der Waals surface area contributed by atoms with E-state index in [1.807, 2.05) is 0 Å². The molecule has 1 aromatic rings. The first-order chi connectivity index (χ1) is 9.97. The van der Waals surface area contributed by atoms with E-state index in [0.717, 1.165) is 24.5 Å². The van der Waals surface area contributed by atoms with Crippen LogP contribution < -0.4 is 11.1 Å². The van der Waals surface area contributed by atoms with Gasteiger partial charge in [0.25, 0.3) is 5.91 Å². The topological polar surface area (TPSA) is 55.1 Å². The van der Waals surface area contributed by atoms with Gasteiger partial charge in [0.05, 0.1) is 5.56 Å². The molecule has 1 aliphatic rings. The first-order valence-electron chi connectivity index (χ1n) is 7.50. The average Bonchev–Trinajstić information content (AvgIpc) is 2.45. The number of hydrogen-bond acceptors (Lipinski definition) is 2. The molecular weight excluding hydrogens is 274 g/mol. The largest absolute Gasteiger partial charge is 0.398 e. The highest BCUT2D eigenvalue weighted by Gasteiger charge is 2.19. The molecule has 0 aromatic heterocycles. The first-order valence-corrected chi connectivity index (χ1v) is 7.50. The Balaban J connectivity index is 1.83. The van der Waals surface area contributed by atoms with Crippen molar-refractivity contribution in [3.8, 4) is 0 Å². The summed E-state index contributed by atoms with van der Waals surface area (Å²) in [5.41, 5.74) is 5.50. The van der Waals surface area contributed by atoms with Gasteiger partial charge in [0, 0.05) is 18.3 Å². The summed E-state index contributed by atoms with van der Waals surface area (Å²) in [6, 6.07) is 1.69. The second-order valence-corrected chi connectivity index (χ2v) is 6.02. The number of carbonyl (C=O) groups excluding carboxylic acids is 1. The average molecular weight is 296 g/mol. The molecule has 0 spiro atoms. The minimum Gasteiger partial charge on any atom is -0.398 e. The van der Waals surface area contributed by atoms with E-state index < -0.39 is 17.5 Å². The standard InChI is InChI=1S/C16H22F2N2O/c1-10-2-4-11(5-3-10)6-7-20-16(21)12-8-13(17)14(18)9-15(12)19/h8-11H,2-7,19H2,1H3,(H,20,21). The molecule has 0 heterocycles. The van der Waals surface area contributed by atoms with E-state index in [1.165, 1.54) is 25.7 Å². The highest BCUT2D eigenvalue weighted by molar-refractivity contribution is 5.99. The smallest absolute Gasteiger partial charge is 0.253 e. The van der Waals surface area contributed by atoms with E-state index >= 15 is 0 Å². The van der Waals surface area contributed by atoms with Gasteiger partial charge in [-0.2, -0.15) is 0 Å². The van der Waals surface area contributed by atoms with E-state index in [9.17, 15) is 13.6 Å². The molecule has 1 aromatic carbocycles. The van der Waals surface area contributed by atoms with Crippen LogP contribution in [0.4, 0.5) is 14.5 Å². The number of halogens is 2. The van der Waals surface area contributed by atoms with Crippen molar-refractivity contribution in [2.45, 2.75) is 39.0 Å². The maximum atomic E-state index is 13.2. The minimum atomic E-state index is -1.06. The monoisotopic (exact) mass is 296 g/mol. The van der Waals surface area contributed by atoms with Crippen LogP contribution in [0, 0.1) is 23.5 Å². The third-order valence-corrected chi connectivity index (χ3v) is 4.31. The normalized spacial score (nSPS) is 22.0. The van der Waals surface area contributed by atoms with Crippen molar-refractivity contribution >= 4 is 11.6 Å². The van der Waals surface area contributed by atoms with E-state index in [4.69, 9.17) is 5.73 Å². The molecule has 0 unspecified atom stereocenters. The lowest BCUT2D eigenvalue weighted by Crippen LogP contribution is -2.27. The van der Waals surface area contributed by atoms with E-state index in [2.05, 4.69) is 12.2 Å². The summed E-state index contributed by atoms with van der Waals surface area (Å²) in [6.45, 7) is 2.81. The number of carbonyl (C=O) groups is 1. The summed E-state index contributed by atoms with van der Waals surface area (Å²) in [7, 11) is 0. The fourth-order valence-electron chi connectivity index (χ4n) is 2.86. The molecule has 2 rings (SSSR count). The number of anilines is 1. The predicted molar refractivity (Wildman–Crippen MR) is 78.8 cm³/mol. The Morgan fingerprint density at radius 3 is 2.52 bits per heavy atom. The predicted octanol–water partition coefficient (Wildman–Crippen LogP) is 3.49. The Kier molecular flexibility index (Phi) is 5.15. The number of benzene rings is 1. The maximum Gasteiger partial charge on any atom is 0.253 e. The quantitative estimate of drug-likeness (QED) is 0.836. The molecule has 1 saturated carbocycles. The molecular formula is C16H22F2N2O. The fraction of sp³-hybridized carbons (Fsp3) is 0.562. The summed E-state index contributed by atoms with van der Waals surface area (Å²) >= 11 is 0. The summed E-state index contributed by atoms with van der Waals surface area (Å²) in [5.74, 6) is -1.10. The summed E-state index contributed by atoms with van der Waals surface area (Å²) in [6.07, 6.45) is 5.81. The zero-order valence-corrected chi connectivity index (χ0v) is 12.3. The first kappa shape index (κ1) is 15.7. The number of nitrogens with one attached hydrogen (secondary N) is 1. The van der Waals surface area contributed by atoms with Crippen molar-refractivity contribution in [1.82, 2.24) is 5.32 Å². The molecule has 3 N–H and O–H groups in total. The third kappa shape index (κ3) is 4.16. The number of nitrogen functional groups attached to an aromatic ring is 1. The maximum absolute atomic E-state index is 13.2. The molecule has 3 nitrogen and oxygen atoms in total. The third-order valence-electron chi connectivity index (χ3n) is 4.31. The Morgan fingerprint density at radius 2 is 1.86 bits per heavy atom. The van der Waals surface area contributed by atoms with Crippen molar-refractivity contribution in [2.24, 2.45) is 11.8 Å². The minimum absolute atomic E-state index is 0.00818. The van der Waals surface area contributed by atoms with Gasteiger partial charge in [0.1, 0.15) is 0 Å². The summed E-state index contributed by atoms with van der Waals surface area (Å²) < 4.78 is 26.1. The SMILES string of the molecule is CC1CCC(CCNC(=O)c2cc(F)c(F)cc2N)CC1. The van der Waals surface area contributed by atoms with Crippen molar-refractivity contribution in [2.75, 3.05) is 12.3 Å². The van der Waals surface area contributed by atoms with Gasteiger partial charge in [-0.1, -0.05) is 32.6 Å². The number of amides is 1. The zero-order valence-electron chi connectivity index (χ0n) is 12.3. The number of rotatable bonds is 4. The van der Waals surface area contributed by atoms with Gasteiger partial charge in [0.15, 0.2) is 11.6 Å². The second kappa shape index (κ2) is 6.87. The Labute approximate surface area is 123 Å². The van der Waals surface area contributed by atoms with Crippen LogP contribution in [0.1, 0.15) is 49.4 Å². The number of nitrogens with two attached hydrogens (primary N) is 1. The van der Waals surface area contributed by atoms with Gasteiger partial charge in [0.2, 0.25) is 0 Å². The van der Waals surface area contributed by atoms with Crippen LogP contribution in [-0.2, 0) is 0 Å². The Morgan fingerprint density at radius 1 is 1.24 bits per heavy atom. The van der Waals surface area contributed by atoms with Crippen LogP contribution in [0.15, 0.2) is 12.1 Å². The van der Waals surface area contributed by atoms with Gasteiger partial charge in [-0.15, -0.1) is 0 Å². The lowest BCUT2D eigenvalue weighted by atomic mass is 9.81. The lowest BCUT2D eigenvalue weighted by molar-refractivity contribution is 0.0950. The molecule has 1 amide bonds. The Bertz CT molecular complexity index is 511. The molecule has 0 atom stereocenters. The van der Waals surface area contributed by atoms with Crippen LogP contribution in [0.3, 0.4) is 0 Å². The highest BCUT2D eigenvalue weighted by atomic mass is 19.2. The van der Waals surface area contributed by atoms with Crippen LogP contribution in [0.5, 0.6) is 0 Å². The van der Waals surface area contributed by atoms with Crippen LogP contribution >= 0.6 is 0 Å². The molecule has 116 valence electrons. The van der Waals surface area contributed by atoms with Crippen LogP contribution in [0.2, 0.25) is 0 Å². The molecule has 0 radical (unpaired) electrons. The fourth-order valence-corrected chi connectivity index (χ4v) is 2.86. The molecule has 5 heteroatoms. The van der Waals surface area contributed by atoms with Crippen molar-refractivity contribution < 1.29 is 13.6 Å².